The first-order chi connectivity index (χ1) is 7.25. The van der Waals surface area contributed by atoms with Gasteiger partial charge in [0.25, 0.3) is 0 Å². The lowest BCUT2D eigenvalue weighted by Crippen LogP contribution is -2.36. The number of hydrogen-bond donors (Lipinski definition) is 2. The molecule has 92 valence electrons. The number of nitrogens with one attached hydrogen (secondary N) is 2. The van der Waals surface area contributed by atoms with Crippen molar-refractivity contribution in [1.82, 2.24) is 14.9 Å². The Morgan fingerprint density at radius 3 is 2.19 bits per heavy atom. The summed E-state index contributed by atoms with van der Waals surface area (Å²) in [6, 6.07) is -0.0984. The summed E-state index contributed by atoms with van der Waals surface area (Å²) in [4.78, 5) is 0.264. The van der Waals surface area contributed by atoms with E-state index in [0.29, 0.717) is 11.4 Å². The van der Waals surface area contributed by atoms with Crippen LogP contribution in [0.3, 0.4) is 0 Å². The highest BCUT2D eigenvalue weighted by molar-refractivity contribution is 7.89. The fraction of sp³-hybridized carbons (Fsp3) is 0.700. The quantitative estimate of drug-likeness (QED) is 0.840. The van der Waals surface area contributed by atoms with Crippen molar-refractivity contribution in [3.05, 3.63) is 11.4 Å². The zero-order chi connectivity index (χ0) is 12.5. The van der Waals surface area contributed by atoms with Crippen LogP contribution in [0.25, 0.3) is 0 Å². The second-order valence-electron chi connectivity index (χ2n) is 4.42. The van der Waals surface area contributed by atoms with Gasteiger partial charge in [0.05, 0.1) is 11.4 Å². The summed E-state index contributed by atoms with van der Waals surface area (Å²) in [5.41, 5.74) is 1.07. The van der Waals surface area contributed by atoms with E-state index in [-0.39, 0.29) is 16.9 Å². The molecule has 0 aliphatic carbocycles. The summed E-state index contributed by atoms with van der Waals surface area (Å²) in [5.74, 6) is 0.252. The van der Waals surface area contributed by atoms with Crippen molar-refractivity contribution in [2.45, 2.75) is 45.6 Å². The van der Waals surface area contributed by atoms with E-state index in [2.05, 4.69) is 14.9 Å². The predicted molar refractivity (Wildman–Crippen MR) is 62.7 cm³/mol. The number of H-pyrrole nitrogens is 1. The molecule has 0 fully saturated rings. The van der Waals surface area contributed by atoms with Crippen molar-refractivity contribution in [2.75, 3.05) is 0 Å². The van der Waals surface area contributed by atoms with Crippen LogP contribution in [-0.4, -0.2) is 24.7 Å². The van der Waals surface area contributed by atoms with Crippen LogP contribution in [0, 0.1) is 19.8 Å². The minimum Gasteiger partial charge on any atom is -0.281 e. The molecule has 1 heterocycles. The van der Waals surface area contributed by atoms with Gasteiger partial charge >= 0.3 is 0 Å². The van der Waals surface area contributed by atoms with Gasteiger partial charge in [-0.3, -0.25) is 5.10 Å². The van der Waals surface area contributed by atoms with E-state index >= 15 is 0 Å². The average molecular weight is 245 g/mol. The van der Waals surface area contributed by atoms with Gasteiger partial charge in [-0.15, -0.1) is 0 Å². The molecule has 0 aliphatic rings. The summed E-state index contributed by atoms with van der Waals surface area (Å²) < 4.78 is 26.8. The Morgan fingerprint density at radius 2 is 1.81 bits per heavy atom. The van der Waals surface area contributed by atoms with Crippen LogP contribution in [-0.2, 0) is 10.0 Å². The van der Waals surface area contributed by atoms with E-state index in [4.69, 9.17) is 0 Å². The van der Waals surface area contributed by atoms with Gasteiger partial charge in [-0.2, -0.15) is 5.10 Å². The predicted octanol–water partition coefficient (Wildman–Crippen LogP) is 1.35. The molecule has 0 spiro atoms. The second-order valence-corrected chi connectivity index (χ2v) is 6.07. The number of aromatic nitrogens is 2. The van der Waals surface area contributed by atoms with E-state index in [9.17, 15) is 8.42 Å². The van der Waals surface area contributed by atoms with Crippen molar-refractivity contribution in [3.63, 3.8) is 0 Å². The molecule has 0 saturated carbocycles. The van der Waals surface area contributed by atoms with Crippen LogP contribution in [0.1, 0.15) is 32.2 Å². The number of aromatic amines is 1. The van der Waals surface area contributed by atoms with E-state index < -0.39 is 10.0 Å². The third-order valence-corrected chi connectivity index (χ3v) is 4.49. The van der Waals surface area contributed by atoms with Gasteiger partial charge in [0.15, 0.2) is 0 Å². The molecule has 16 heavy (non-hydrogen) atoms. The van der Waals surface area contributed by atoms with Gasteiger partial charge in [-0.1, -0.05) is 13.8 Å². The maximum absolute atomic E-state index is 12.1. The number of aryl methyl sites for hydroxylation is 2. The first kappa shape index (κ1) is 13.2. The first-order valence-corrected chi connectivity index (χ1v) is 6.78. The first-order valence-electron chi connectivity index (χ1n) is 5.29. The lowest BCUT2D eigenvalue weighted by molar-refractivity contribution is 0.476. The molecule has 0 saturated heterocycles. The van der Waals surface area contributed by atoms with Crippen molar-refractivity contribution >= 4 is 10.0 Å². The van der Waals surface area contributed by atoms with Crippen LogP contribution >= 0.6 is 0 Å². The Hall–Kier alpha value is -0.880. The lowest BCUT2D eigenvalue weighted by Gasteiger charge is -2.17. The molecular formula is C10H19N3O2S. The largest absolute Gasteiger partial charge is 0.281 e. The van der Waals surface area contributed by atoms with Crippen LogP contribution in [0.15, 0.2) is 4.90 Å². The SMILES string of the molecule is Cc1n[nH]c(C)c1S(=O)(=O)NC(C)C(C)C. The van der Waals surface area contributed by atoms with E-state index in [1.54, 1.807) is 13.8 Å². The van der Waals surface area contributed by atoms with Gasteiger partial charge in [-0.05, 0) is 26.7 Å². The third-order valence-electron chi connectivity index (χ3n) is 2.67. The molecule has 6 heteroatoms. The monoisotopic (exact) mass is 245 g/mol. The van der Waals surface area contributed by atoms with Crippen LogP contribution in [0.4, 0.5) is 0 Å². The summed E-state index contributed by atoms with van der Waals surface area (Å²) in [6.07, 6.45) is 0. The number of nitrogens with zero attached hydrogens (tertiary/aromatic N) is 1. The summed E-state index contributed by atoms with van der Waals surface area (Å²) in [5, 5.41) is 6.57. The van der Waals surface area contributed by atoms with Crippen LogP contribution < -0.4 is 4.72 Å². The molecule has 0 radical (unpaired) electrons. The van der Waals surface area contributed by atoms with Crippen molar-refractivity contribution in [2.24, 2.45) is 5.92 Å². The number of rotatable bonds is 4. The Labute approximate surface area is 96.7 Å². The maximum Gasteiger partial charge on any atom is 0.244 e. The molecule has 0 amide bonds. The zero-order valence-electron chi connectivity index (χ0n) is 10.3. The fourth-order valence-corrected chi connectivity index (χ4v) is 3.14. The van der Waals surface area contributed by atoms with Gasteiger partial charge in [0, 0.05) is 6.04 Å². The summed E-state index contributed by atoms with van der Waals surface area (Å²) in [6.45, 7) is 9.18. The summed E-state index contributed by atoms with van der Waals surface area (Å²) >= 11 is 0. The maximum atomic E-state index is 12.1. The summed E-state index contributed by atoms with van der Waals surface area (Å²) in [7, 11) is -3.47. The highest BCUT2D eigenvalue weighted by Gasteiger charge is 2.24. The highest BCUT2D eigenvalue weighted by Crippen LogP contribution is 2.17. The van der Waals surface area contributed by atoms with E-state index in [1.165, 1.54) is 0 Å². The highest BCUT2D eigenvalue weighted by atomic mass is 32.2. The zero-order valence-corrected chi connectivity index (χ0v) is 11.1. The standard InChI is InChI=1S/C10H19N3O2S/c1-6(2)7(3)13-16(14,15)10-8(4)11-12-9(10)5/h6-7,13H,1-5H3,(H,11,12). The molecule has 1 rings (SSSR count). The smallest absolute Gasteiger partial charge is 0.244 e. The van der Waals surface area contributed by atoms with E-state index in [1.807, 2.05) is 20.8 Å². The van der Waals surface area contributed by atoms with Crippen LogP contribution in [0.2, 0.25) is 0 Å². The van der Waals surface area contributed by atoms with Gasteiger partial charge < -0.3 is 0 Å². The van der Waals surface area contributed by atoms with Gasteiger partial charge in [-0.25, -0.2) is 13.1 Å². The third kappa shape index (κ3) is 2.62. The molecule has 0 bridgehead atoms. The second kappa shape index (κ2) is 4.55. The van der Waals surface area contributed by atoms with Crippen molar-refractivity contribution < 1.29 is 8.42 Å². The van der Waals surface area contributed by atoms with Gasteiger partial charge in [0.2, 0.25) is 10.0 Å². The number of sulfonamides is 1. The molecule has 1 unspecified atom stereocenters. The molecular weight excluding hydrogens is 226 g/mol. The molecule has 2 N–H and O–H groups in total. The Bertz CT molecular complexity index is 443. The van der Waals surface area contributed by atoms with Crippen molar-refractivity contribution in [1.29, 1.82) is 0 Å². The van der Waals surface area contributed by atoms with Gasteiger partial charge in [0.1, 0.15) is 4.90 Å². The topological polar surface area (TPSA) is 74.8 Å². The minimum atomic E-state index is -3.47. The van der Waals surface area contributed by atoms with E-state index in [0.717, 1.165) is 0 Å². The van der Waals surface area contributed by atoms with Crippen molar-refractivity contribution in [3.8, 4) is 0 Å². The molecule has 0 aliphatic heterocycles. The van der Waals surface area contributed by atoms with Crippen LogP contribution in [0.5, 0.6) is 0 Å². The normalized spacial score (nSPS) is 14.4. The minimum absolute atomic E-state index is 0.0984. The lowest BCUT2D eigenvalue weighted by atomic mass is 10.1. The Balaban J connectivity index is 3.04. The molecule has 5 nitrogen and oxygen atoms in total. The molecule has 1 aromatic heterocycles. The molecule has 1 atom stereocenters. The average Bonchev–Trinajstić information content (AvgIpc) is 2.45. The molecule has 0 aromatic carbocycles. The Kier molecular flexibility index (Phi) is 3.75. The number of hydrogen-bond acceptors (Lipinski definition) is 3. The fourth-order valence-electron chi connectivity index (χ4n) is 1.38. The molecule has 1 aromatic rings. The Morgan fingerprint density at radius 1 is 1.25 bits per heavy atom.